The number of nitrogens with one attached hydrogen (secondary N) is 1. The molecule has 0 heterocycles. The molecule has 0 saturated heterocycles. The number of hydrogen-bond acceptors (Lipinski definition) is 3. The predicted molar refractivity (Wildman–Crippen MR) is 50.1 cm³/mol. The summed E-state index contributed by atoms with van der Waals surface area (Å²) in [6.07, 6.45) is 1.25. The Morgan fingerprint density at radius 2 is 2.00 bits per heavy atom. The second-order valence-corrected chi connectivity index (χ2v) is 3.92. The highest BCUT2D eigenvalue weighted by atomic mass is 16.3. The predicted octanol–water partition coefficient (Wildman–Crippen LogP) is 0.508. The molecular weight excluding hydrogens is 154 g/mol. The van der Waals surface area contributed by atoms with E-state index in [1.54, 1.807) is 6.92 Å². The van der Waals surface area contributed by atoms with E-state index >= 15 is 0 Å². The molecular formula is C9H21NO2. The first-order chi connectivity index (χ1) is 5.48. The minimum absolute atomic E-state index is 0.0242. The zero-order chi connectivity index (χ0) is 9.61. The highest BCUT2D eigenvalue weighted by Gasteiger charge is 2.15. The molecule has 0 aliphatic carbocycles. The van der Waals surface area contributed by atoms with Crippen LogP contribution in [0.5, 0.6) is 0 Å². The average Bonchev–Trinajstić information content (AvgIpc) is 1.85. The molecule has 0 aliphatic rings. The van der Waals surface area contributed by atoms with E-state index in [0.717, 1.165) is 19.4 Å². The molecule has 74 valence electrons. The van der Waals surface area contributed by atoms with E-state index in [-0.39, 0.29) is 18.2 Å². The topological polar surface area (TPSA) is 52.5 Å². The number of aliphatic hydroxyl groups is 2. The van der Waals surface area contributed by atoms with E-state index in [1.165, 1.54) is 0 Å². The maximum atomic E-state index is 8.99. The lowest BCUT2D eigenvalue weighted by atomic mass is 10.0. The first-order valence-corrected chi connectivity index (χ1v) is 4.52. The van der Waals surface area contributed by atoms with E-state index in [0.29, 0.717) is 0 Å². The van der Waals surface area contributed by atoms with E-state index in [9.17, 15) is 0 Å². The summed E-state index contributed by atoms with van der Waals surface area (Å²) in [5.41, 5.74) is -0.0242. The van der Waals surface area contributed by atoms with Crippen LogP contribution in [-0.4, -0.2) is 35.0 Å². The summed E-state index contributed by atoms with van der Waals surface area (Å²) in [7, 11) is 0. The van der Waals surface area contributed by atoms with Crippen LogP contribution in [0.25, 0.3) is 0 Å². The van der Waals surface area contributed by atoms with E-state index in [2.05, 4.69) is 5.32 Å². The van der Waals surface area contributed by atoms with Crippen molar-refractivity contribution < 1.29 is 10.2 Å². The molecule has 3 heteroatoms. The zero-order valence-electron chi connectivity index (χ0n) is 8.30. The molecule has 1 unspecified atom stereocenters. The normalized spacial score (nSPS) is 14.8. The van der Waals surface area contributed by atoms with Crippen molar-refractivity contribution in [1.82, 2.24) is 5.32 Å². The molecule has 1 atom stereocenters. The van der Waals surface area contributed by atoms with Crippen LogP contribution < -0.4 is 5.32 Å². The van der Waals surface area contributed by atoms with E-state index in [1.807, 2.05) is 13.8 Å². The molecule has 0 radical (unpaired) electrons. The van der Waals surface area contributed by atoms with Gasteiger partial charge in [-0.2, -0.15) is 0 Å². The first kappa shape index (κ1) is 11.9. The van der Waals surface area contributed by atoms with Crippen molar-refractivity contribution in [2.24, 2.45) is 0 Å². The van der Waals surface area contributed by atoms with Crippen LogP contribution in [-0.2, 0) is 0 Å². The van der Waals surface area contributed by atoms with Crippen LogP contribution in [0.1, 0.15) is 33.6 Å². The maximum Gasteiger partial charge on any atom is 0.0524 e. The third kappa shape index (κ3) is 6.58. The smallest absolute Gasteiger partial charge is 0.0524 e. The van der Waals surface area contributed by atoms with Gasteiger partial charge in [0, 0.05) is 12.1 Å². The van der Waals surface area contributed by atoms with Crippen LogP contribution in [0.15, 0.2) is 0 Å². The fraction of sp³-hybridized carbons (Fsp3) is 1.00. The number of aliphatic hydroxyl groups excluding tert-OH is 2. The standard InChI is InChI=1S/C9H21NO2/c1-8(12)4-6-10-9(2,3)5-7-11/h8,10-12H,4-7H2,1-3H3. The molecule has 0 amide bonds. The monoisotopic (exact) mass is 175 g/mol. The average molecular weight is 175 g/mol. The van der Waals surface area contributed by atoms with Gasteiger partial charge in [-0.15, -0.1) is 0 Å². The Kier molecular flexibility index (Phi) is 5.46. The Morgan fingerprint density at radius 3 is 2.42 bits per heavy atom. The summed E-state index contributed by atoms with van der Waals surface area (Å²) in [4.78, 5) is 0. The van der Waals surface area contributed by atoms with Crippen molar-refractivity contribution in [2.45, 2.75) is 45.3 Å². The third-order valence-corrected chi connectivity index (χ3v) is 1.90. The van der Waals surface area contributed by atoms with E-state index < -0.39 is 0 Å². The van der Waals surface area contributed by atoms with Gasteiger partial charge in [0.15, 0.2) is 0 Å². The molecule has 0 aromatic heterocycles. The van der Waals surface area contributed by atoms with Crippen molar-refractivity contribution in [2.75, 3.05) is 13.2 Å². The molecule has 3 N–H and O–H groups in total. The van der Waals surface area contributed by atoms with Crippen molar-refractivity contribution >= 4 is 0 Å². The summed E-state index contributed by atoms with van der Waals surface area (Å²) < 4.78 is 0. The molecule has 0 spiro atoms. The Bertz CT molecular complexity index is 113. The van der Waals surface area contributed by atoms with Crippen molar-refractivity contribution in [3.63, 3.8) is 0 Å². The summed E-state index contributed by atoms with van der Waals surface area (Å²) in [5.74, 6) is 0. The second-order valence-electron chi connectivity index (χ2n) is 3.92. The second kappa shape index (κ2) is 5.51. The molecule has 0 fully saturated rings. The molecule has 0 saturated carbocycles. The SMILES string of the molecule is CC(O)CCNC(C)(C)CCO. The van der Waals surface area contributed by atoms with Crippen molar-refractivity contribution in [3.8, 4) is 0 Å². The molecule has 12 heavy (non-hydrogen) atoms. The summed E-state index contributed by atoms with van der Waals surface area (Å²) in [6, 6.07) is 0. The quantitative estimate of drug-likeness (QED) is 0.551. The van der Waals surface area contributed by atoms with Gasteiger partial charge in [0.2, 0.25) is 0 Å². The Hall–Kier alpha value is -0.120. The minimum Gasteiger partial charge on any atom is -0.396 e. The minimum atomic E-state index is -0.248. The fourth-order valence-corrected chi connectivity index (χ4v) is 0.987. The van der Waals surface area contributed by atoms with Gasteiger partial charge in [-0.3, -0.25) is 0 Å². The van der Waals surface area contributed by atoms with Crippen LogP contribution in [0, 0.1) is 0 Å². The van der Waals surface area contributed by atoms with Crippen LogP contribution in [0.3, 0.4) is 0 Å². The van der Waals surface area contributed by atoms with Gasteiger partial charge in [-0.05, 0) is 40.2 Å². The van der Waals surface area contributed by atoms with E-state index in [4.69, 9.17) is 10.2 Å². The summed E-state index contributed by atoms with van der Waals surface area (Å²) in [5, 5.41) is 21.0. The van der Waals surface area contributed by atoms with Crippen LogP contribution >= 0.6 is 0 Å². The summed E-state index contributed by atoms with van der Waals surface area (Å²) in [6.45, 7) is 6.87. The lowest BCUT2D eigenvalue weighted by Crippen LogP contribution is -2.41. The number of rotatable bonds is 6. The summed E-state index contributed by atoms with van der Waals surface area (Å²) >= 11 is 0. The van der Waals surface area contributed by atoms with Crippen LogP contribution in [0.2, 0.25) is 0 Å². The lowest BCUT2D eigenvalue weighted by Gasteiger charge is -2.25. The zero-order valence-corrected chi connectivity index (χ0v) is 8.30. The van der Waals surface area contributed by atoms with Crippen molar-refractivity contribution in [1.29, 1.82) is 0 Å². The first-order valence-electron chi connectivity index (χ1n) is 4.52. The highest BCUT2D eigenvalue weighted by molar-refractivity contribution is 4.76. The van der Waals surface area contributed by atoms with Gasteiger partial charge >= 0.3 is 0 Å². The lowest BCUT2D eigenvalue weighted by molar-refractivity contribution is 0.174. The van der Waals surface area contributed by atoms with Gasteiger partial charge in [-0.25, -0.2) is 0 Å². The fourth-order valence-electron chi connectivity index (χ4n) is 0.987. The van der Waals surface area contributed by atoms with Gasteiger partial charge in [0.1, 0.15) is 0 Å². The third-order valence-electron chi connectivity index (χ3n) is 1.90. The Morgan fingerprint density at radius 1 is 1.42 bits per heavy atom. The molecule has 0 aromatic carbocycles. The largest absolute Gasteiger partial charge is 0.396 e. The van der Waals surface area contributed by atoms with Gasteiger partial charge in [0.05, 0.1) is 6.10 Å². The van der Waals surface area contributed by atoms with Gasteiger partial charge < -0.3 is 15.5 Å². The van der Waals surface area contributed by atoms with Crippen LogP contribution in [0.4, 0.5) is 0 Å². The molecule has 0 bridgehead atoms. The molecule has 0 aromatic rings. The Balaban J connectivity index is 3.46. The van der Waals surface area contributed by atoms with Gasteiger partial charge in [0.25, 0.3) is 0 Å². The molecule has 3 nitrogen and oxygen atoms in total. The molecule has 0 rings (SSSR count). The Labute approximate surface area is 74.8 Å². The molecule has 0 aliphatic heterocycles. The van der Waals surface area contributed by atoms with Crippen molar-refractivity contribution in [3.05, 3.63) is 0 Å². The maximum absolute atomic E-state index is 8.99. The highest BCUT2D eigenvalue weighted by Crippen LogP contribution is 2.06. The van der Waals surface area contributed by atoms with Gasteiger partial charge in [-0.1, -0.05) is 0 Å². The number of hydrogen-bond donors (Lipinski definition) is 3.